The van der Waals surface area contributed by atoms with E-state index in [0.29, 0.717) is 26.1 Å². The third kappa shape index (κ3) is 4.26. The maximum Gasteiger partial charge on any atom is 0.219 e. The van der Waals surface area contributed by atoms with Crippen LogP contribution >= 0.6 is 0 Å². The van der Waals surface area contributed by atoms with Crippen molar-refractivity contribution in [3.05, 3.63) is 71.9 Å². The van der Waals surface area contributed by atoms with Gasteiger partial charge in [-0.05, 0) is 17.2 Å². The molecule has 0 fully saturated rings. The first-order chi connectivity index (χ1) is 12.1. The van der Waals surface area contributed by atoms with Gasteiger partial charge in [0.1, 0.15) is 0 Å². The first kappa shape index (κ1) is 17.2. The maximum absolute atomic E-state index is 11.1. The normalized spacial score (nSPS) is 12.4. The fourth-order valence-electron chi connectivity index (χ4n) is 3.02. The average Bonchev–Trinajstić information content (AvgIpc) is 2.99. The van der Waals surface area contributed by atoms with Crippen molar-refractivity contribution in [2.45, 2.75) is 25.6 Å². The van der Waals surface area contributed by atoms with Gasteiger partial charge in [-0.3, -0.25) is 4.79 Å². The van der Waals surface area contributed by atoms with E-state index in [2.05, 4.69) is 22.1 Å². The summed E-state index contributed by atoms with van der Waals surface area (Å²) in [6, 6.07) is 17.7. The average molecular weight is 337 g/mol. The van der Waals surface area contributed by atoms with Gasteiger partial charge in [-0.25, -0.2) is 0 Å². The lowest BCUT2D eigenvalue weighted by molar-refractivity contribution is -0.118. The SMILES string of the molecule is NC(=O)CCn1cc(CNC[C@@H](O)c2ccccc2)c2ccccc21. The second kappa shape index (κ2) is 7.96. The Labute approximate surface area is 147 Å². The van der Waals surface area contributed by atoms with Crippen LogP contribution in [0.3, 0.4) is 0 Å². The van der Waals surface area contributed by atoms with E-state index in [1.807, 2.05) is 48.5 Å². The summed E-state index contributed by atoms with van der Waals surface area (Å²) in [5.41, 5.74) is 8.40. The lowest BCUT2D eigenvalue weighted by Gasteiger charge is -2.11. The van der Waals surface area contributed by atoms with Gasteiger partial charge < -0.3 is 20.7 Å². The Kier molecular flexibility index (Phi) is 5.48. The van der Waals surface area contributed by atoms with Gasteiger partial charge in [-0.2, -0.15) is 0 Å². The van der Waals surface area contributed by atoms with Gasteiger partial charge >= 0.3 is 0 Å². The zero-order valence-electron chi connectivity index (χ0n) is 14.1. The van der Waals surface area contributed by atoms with Crippen LogP contribution in [0.1, 0.15) is 23.7 Å². The Morgan fingerprint density at radius 2 is 1.84 bits per heavy atom. The summed E-state index contributed by atoms with van der Waals surface area (Å²) in [4.78, 5) is 11.1. The standard InChI is InChI=1S/C20H23N3O2/c21-20(25)10-11-23-14-16(17-8-4-5-9-18(17)23)12-22-13-19(24)15-6-2-1-3-7-15/h1-9,14,19,22,24H,10-13H2,(H2,21,25)/t19-/m1/s1. The van der Waals surface area contributed by atoms with Crippen LogP contribution in [0.5, 0.6) is 0 Å². The molecule has 3 aromatic rings. The van der Waals surface area contributed by atoms with Crippen LogP contribution in [-0.2, 0) is 17.9 Å². The first-order valence-electron chi connectivity index (χ1n) is 8.44. The Morgan fingerprint density at radius 3 is 2.60 bits per heavy atom. The number of carbonyl (C=O) groups is 1. The van der Waals surface area contributed by atoms with Crippen LogP contribution in [-0.4, -0.2) is 22.1 Å². The highest BCUT2D eigenvalue weighted by molar-refractivity contribution is 5.84. The molecular weight excluding hydrogens is 314 g/mol. The Hall–Kier alpha value is -2.63. The fourth-order valence-corrected chi connectivity index (χ4v) is 3.02. The minimum Gasteiger partial charge on any atom is -0.387 e. The number of nitrogens with zero attached hydrogens (tertiary/aromatic N) is 1. The number of hydrogen-bond donors (Lipinski definition) is 3. The van der Waals surface area contributed by atoms with Gasteiger partial charge in [0.05, 0.1) is 6.10 Å². The van der Waals surface area contributed by atoms with E-state index in [4.69, 9.17) is 5.73 Å². The number of primary amides is 1. The molecule has 2 aromatic carbocycles. The summed E-state index contributed by atoms with van der Waals surface area (Å²) in [6.45, 7) is 1.70. The van der Waals surface area contributed by atoms with Crippen molar-refractivity contribution in [1.82, 2.24) is 9.88 Å². The quantitative estimate of drug-likeness (QED) is 0.590. The van der Waals surface area contributed by atoms with E-state index in [1.165, 1.54) is 0 Å². The molecule has 4 N–H and O–H groups in total. The van der Waals surface area contributed by atoms with Crippen molar-refractivity contribution in [2.24, 2.45) is 5.73 Å². The second-order valence-corrected chi connectivity index (χ2v) is 6.14. The van der Waals surface area contributed by atoms with Gasteiger partial charge in [0, 0.05) is 43.2 Å². The number of carbonyl (C=O) groups excluding carboxylic acids is 1. The highest BCUT2D eigenvalue weighted by Crippen LogP contribution is 2.22. The number of aromatic nitrogens is 1. The number of aliphatic hydroxyl groups excluding tert-OH is 1. The largest absolute Gasteiger partial charge is 0.387 e. The topological polar surface area (TPSA) is 80.3 Å². The molecule has 0 unspecified atom stereocenters. The molecule has 0 saturated carbocycles. The molecule has 3 rings (SSSR count). The first-order valence-corrected chi connectivity index (χ1v) is 8.44. The van der Waals surface area contributed by atoms with Gasteiger partial charge in [0.2, 0.25) is 5.91 Å². The van der Waals surface area contributed by atoms with E-state index in [9.17, 15) is 9.90 Å². The van der Waals surface area contributed by atoms with E-state index in [-0.39, 0.29) is 5.91 Å². The second-order valence-electron chi connectivity index (χ2n) is 6.14. The van der Waals surface area contributed by atoms with Crippen molar-refractivity contribution in [1.29, 1.82) is 0 Å². The zero-order chi connectivity index (χ0) is 17.6. The fraction of sp³-hybridized carbons (Fsp3) is 0.250. The van der Waals surface area contributed by atoms with Crippen LogP contribution in [0.25, 0.3) is 10.9 Å². The molecule has 0 radical (unpaired) electrons. The number of hydrogen-bond acceptors (Lipinski definition) is 3. The molecule has 1 amide bonds. The van der Waals surface area contributed by atoms with Crippen molar-refractivity contribution in [3.63, 3.8) is 0 Å². The number of aliphatic hydroxyl groups is 1. The molecule has 1 heterocycles. The van der Waals surface area contributed by atoms with Gasteiger partial charge in [-0.1, -0.05) is 48.5 Å². The Bertz CT molecular complexity index is 843. The number of aryl methyl sites for hydroxylation is 1. The molecule has 25 heavy (non-hydrogen) atoms. The smallest absolute Gasteiger partial charge is 0.219 e. The molecule has 0 spiro atoms. The number of amides is 1. The van der Waals surface area contributed by atoms with Crippen LogP contribution in [0.4, 0.5) is 0 Å². The summed E-state index contributed by atoms with van der Waals surface area (Å²) in [5.74, 6) is -0.302. The molecule has 0 aliphatic heterocycles. The molecule has 0 bridgehead atoms. The highest BCUT2D eigenvalue weighted by Gasteiger charge is 2.10. The number of fused-ring (bicyclic) bond motifs is 1. The summed E-state index contributed by atoms with van der Waals surface area (Å²) < 4.78 is 2.06. The zero-order valence-corrected chi connectivity index (χ0v) is 14.1. The van der Waals surface area contributed by atoms with E-state index >= 15 is 0 Å². The monoisotopic (exact) mass is 337 g/mol. The molecule has 0 aliphatic rings. The number of rotatable bonds is 8. The lowest BCUT2D eigenvalue weighted by atomic mass is 10.1. The van der Waals surface area contributed by atoms with Crippen LogP contribution in [0.2, 0.25) is 0 Å². The van der Waals surface area contributed by atoms with Crippen LogP contribution in [0, 0.1) is 0 Å². The van der Waals surface area contributed by atoms with Crippen molar-refractivity contribution >= 4 is 16.8 Å². The van der Waals surface area contributed by atoms with Gasteiger partial charge in [-0.15, -0.1) is 0 Å². The molecule has 5 nitrogen and oxygen atoms in total. The third-order valence-corrected chi connectivity index (χ3v) is 4.31. The molecule has 1 atom stereocenters. The summed E-state index contributed by atoms with van der Waals surface area (Å²) in [6.07, 6.45) is 1.83. The van der Waals surface area contributed by atoms with Gasteiger partial charge in [0.15, 0.2) is 0 Å². The molecule has 5 heteroatoms. The Balaban J connectivity index is 1.68. The molecule has 1 aromatic heterocycles. The predicted octanol–water partition coefficient (Wildman–Crippen LogP) is 2.34. The molecule has 0 aliphatic carbocycles. The third-order valence-electron chi connectivity index (χ3n) is 4.31. The summed E-state index contributed by atoms with van der Waals surface area (Å²) in [7, 11) is 0. The lowest BCUT2D eigenvalue weighted by Crippen LogP contribution is -2.21. The minimum atomic E-state index is -0.538. The van der Waals surface area contributed by atoms with Crippen molar-refractivity contribution < 1.29 is 9.90 Å². The van der Waals surface area contributed by atoms with Crippen molar-refractivity contribution in [3.8, 4) is 0 Å². The minimum absolute atomic E-state index is 0.302. The summed E-state index contributed by atoms with van der Waals surface area (Å²) >= 11 is 0. The van der Waals surface area contributed by atoms with Crippen molar-refractivity contribution in [2.75, 3.05) is 6.54 Å². The van der Waals surface area contributed by atoms with E-state index in [1.54, 1.807) is 0 Å². The number of nitrogens with two attached hydrogens (primary N) is 1. The van der Waals surface area contributed by atoms with E-state index in [0.717, 1.165) is 22.0 Å². The van der Waals surface area contributed by atoms with Crippen LogP contribution in [0.15, 0.2) is 60.8 Å². The molecule has 0 saturated heterocycles. The predicted molar refractivity (Wildman–Crippen MR) is 98.9 cm³/mol. The number of nitrogens with one attached hydrogen (secondary N) is 1. The molecule has 130 valence electrons. The number of para-hydroxylation sites is 1. The van der Waals surface area contributed by atoms with Gasteiger partial charge in [0.25, 0.3) is 0 Å². The Morgan fingerprint density at radius 1 is 1.12 bits per heavy atom. The highest BCUT2D eigenvalue weighted by atomic mass is 16.3. The maximum atomic E-state index is 11.1. The summed E-state index contributed by atoms with van der Waals surface area (Å²) in [5, 5.41) is 14.7. The van der Waals surface area contributed by atoms with E-state index < -0.39 is 6.10 Å². The van der Waals surface area contributed by atoms with Crippen LogP contribution < -0.4 is 11.1 Å². The number of benzene rings is 2. The molecular formula is C20H23N3O2.